The SMILES string of the molecule is CCCOC(C)(O)C(=O)N=C=O. The van der Waals surface area contributed by atoms with E-state index in [1.54, 1.807) is 0 Å². The largest absolute Gasteiger partial charge is 0.358 e. The van der Waals surface area contributed by atoms with E-state index in [1.165, 1.54) is 0 Å². The number of nitrogens with zero attached hydrogens (tertiary/aromatic N) is 1. The van der Waals surface area contributed by atoms with E-state index in [-0.39, 0.29) is 6.61 Å². The van der Waals surface area contributed by atoms with Gasteiger partial charge in [-0.2, -0.15) is 0 Å². The van der Waals surface area contributed by atoms with Crippen molar-refractivity contribution in [3.63, 3.8) is 0 Å². The lowest BCUT2D eigenvalue weighted by atomic mass is 10.3. The lowest BCUT2D eigenvalue weighted by Crippen LogP contribution is -2.37. The molecule has 5 nitrogen and oxygen atoms in total. The Hall–Kier alpha value is -1.03. The van der Waals surface area contributed by atoms with Crippen LogP contribution in [0.25, 0.3) is 0 Å². The highest BCUT2D eigenvalue weighted by Crippen LogP contribution is 2.07. The van der Waals surface area contributed by atoms with E-state index in [1.807, 2.05) is 6.92 Å². The fraction of sp³-hybridized carbons (Fsp3) is 0.714. The van der Waals surface area contributed by atoms with Gasteiger partial charge in [0.25, 0.3) is 0 Å². The summed E-state index contributed by atoms with van der Waals surface area (Å²) in [6, 6.07) is 0. The maximum Gasteiger partial charge on any atom is 0.316 e. The first-order chi connectivity index (χ1) is 5.54. The predicted octanol–water partition coefficient (Wildman–Crippen LogP) is -0.0161. The minimum Gasteiger partial charge on any atom is -0.358 e. The lowest BCUT2D eigenvalue weighted by Gasteiger charge is -2.18. The van der Waals surface area contributed by atoms with Crippen LogP contribution in [-0.4, -0.2) is 29.5 Å². The summed E-state index contributed by atoms with van der Waals surface area (Å²) in [5.41, 5.74) is 0. The summed E-state index contributed by atoms with van der Waals surface area (Å²) in [4.78, 5) is 23.2. The first-order valence-electron chi connectivity index (χ1n) is 3.53. The predicted molar refractivity (Wildman–Crippen MR) is 40.0 cm³/mol. The number of aliphatic imine (C=N–C) groups is 1. The number of hydrogen-bond acceptors (Lipinski definition) is 4. The van der Waals surface area contributed by atoms with Crippen LogP contribution in [0.2, 0.25) is 0 Å². The molecule has 1 atom stereocenters. The molecule has 0 aromatic carbocycles. The highest BCUT2D eigenvalue weighted by atomic mass is 16.6. The van der Waals surface area contributed by atoms with Gasteiger partial charge >= 0.3 is 5.91 Å². The van der Waals surface area contributed by atoms with E-state index >= 15 is 0 Å². The molecule has 0 aromatic heterocycles. The molecule has 0 spiro atoms. The Bertz CT molecular complexity index is 205. The van der Waals surface area contributed by atoms with Crippen LogP contribution in [0.3, 0.4) is 0 Å². The third-order valence-electron chi connectivity index (χ3n) is 1.13. The highest BCUT2D eigenvalue weighted by molar-refractivity contribution is 5.87. The summed E-state index contributed by atoms with van der Waals surface area (Å²) in [6.07, 6.45) is 1.70. The Morgan fingerprint density at radius 2 is 2.33 bits per heavy atom. The van der Waals surface area contributed by atoms with Crippen LogP contribution in [0.5, 0.6) is 0 Å². The highest BCUT2D eigenvalue weighted by Gasteiger charge is 2.30. The fourth-order valence-corrected chi connectivity index (χ4v) is 0.508. The Morgan fingerprint density at radius 3 is 2.75 bits per heavy atom. The van der Waals surface area contributed by atoms with Gasteiger partial charge in [0.1, 0.15) is 0 Å². The van der Waals surface area contributed by atoms with Gasteiger partial charge in [0.05, 0.1) is 6.61 Å². The molecular formula is C7H11NO4. The zero-order chi connectivity index (χ0) is 9.61. The molecule has 0 rings (SSSR count). The molecule has 0 aliphatic carbocycles. The van der Waals surface area contributed by atoms with Crippen molar-refractivity contribution in [2.75, 3.05) is 6.61 Å². The number of isocyanates is 1. The average molecular weight is 173 g/mol. The van der Waals surface area contributed by atoms with Gasteiger partial charge in [-0.3, -0.25) is 4.79 Å². The molecule has 0 fully saturated rings. The first-order valence-corrected chi connectivity index (χ1v) is 3.53. The zero-order valence-corrected chi connectivity index (χ0v) is 7.03. The van der Waals surface area contributed by atoms with Crippen LogP contribution in [0.4, 0.5) is 0 Å². The number of rotatable bonds is 4. The van der Waals surface area contributed by atoms with Crippen molar-refractivity contribution in [2.45, 2.75) is 26.1 Å². The molecule has 12 heavy (non-hydrogen) atoms. The molecule has 0 aliphatic heterocycles. The molecule has 5 heteroatoms. The second-order valence-corrected chi connectivity index (χ2v) is 2.34. The smallest absolute Gasteiger partial charge is 0.316 e. The molecule has 0 bridgehead atoms. The van der Waals surface area contributed by atoms with Crippen molar-refractivity contribution in [3.05, 3.63) is 0 Å². The lowest BCUT2D eigenvalue weighted by molar-refractivity contribution is -0.195. The minimum absolute atomic E-state index is 0.229. The molecular weight excluding hydrogens is 162 g/mol. The molecule has 0 heterocycles. The average Bonchev–Trinajstić information content (AvgIpc) is 2.01. The molecule has 1 amide bonds. The summed E-state index contributed by atoms with van der Waals surface area (Å²) < 4.78 is 4.73. The Labute approximate surface area is 70.1 Å². The third kappa shape index (κ3) is 3.39. The van der Waals surface area contributed by atoms with Crippen molar-refractivity contribution in [3.8, 4) is 0 Å². The third-order valence-corrected chi connectivity index (χ3v) is 1.13. The normalized spacial score (nSPS) is 14.6. The summed E-state index contributed by atoms with van der Waals surface area (Å²) in [5.74, 6) is -3.04. The first kappa shape index (κ1) is 11.0. The van der Waals surface area contributed by atoms with Gasteiger partial charge in [-0.05, 0) is 13.3 Å². The summed E-state index contributed by atoms with van der Waals surface area (Å²) >= 11 is 0. The number of amides is 1. The Morgan fingerprint density at radius 1 is 1.75 bits per heavy atom. The van der Waals surface area contributed by atoms with Crippen molar-refractivity contribution >= 4 is 12.0 Å². The van der Waals surface area contributed by atoms with Gasteiger partial charge < -0.3 is 9.84 Å². The van der Waals surface area contributed by atoms with Crippen molar-refractivity contribution in [1.82, 2.24) is 0 Å². The quantitative estimate of drug-likeness (QED) is 0.368. The number of carbonyl (C=O) groups excluding carboxylic acids is 2. The van der Waals surface area contributed by atoms with Gasteiger partial charge in [-0.25, -0.2) is 4.79 Å². The van der Waals surface area contributed by atoms with E-state index in [9.17, 15) is 14.7 Å². The molecule has 0 saturated carbocycles. The van der Waals surface area contributed by atoms with E-state index in [0.717, 1.165) is 13.0 Å². The molecule has 68 valence electrons. The molecule has 1 N–H and O–H groups in total. The molecule has 0 aliphatic rings. The van der Waals surface area contributed by atoms with Crippen molar-refractivity contribution < 1.29 is 19.4 Å². The van der Waals surface area contributed by atoms with Crippen molar-refractivity contribution in [2.24, 2.45) is 4.99 Å². The Kier molecular flexibility index (Phi) is 4.36. The number of aliphatic hydroxyl groups is 1. The molecule has 0 aromatic rings. The fourth-order valence-electron chi connectivity index (χ4n) is 0.508. The monoisotopic (exact) mass is 173 g/mol. The Balaban J connectivity index is 4.18. The second kappa shape index (κ2) is 4.77. The van der Waals surface area contributed by atoms with Crippen LogP contribution < -0.4 is 0 Å². The maximum atomic E-state index is 10.8. The zero-order valence-electron chi connectivity index (χ0n) is 7.03. The van der Waals surface area contributed by atoms with E-state index in [4.69, 9.17) is 4.74 Å². The van der Waals surface area contributed by atoms with Gasteiger partial charge in [-0.1, -0.05) is 6.92 Å². The maximum absolute atomic E-state index is 10.8. The number of hydrogen-bond donors (Lipinski definition) is 1. The number of ether oxygens (including phenoxy) is 1. The summed E-state index contributed by atoms with van der Waals surface area (Å²) in [5, 5.41) is 9.20. The minimum atomic E-state index is -2.01. The van der Waals surface area contributed by atoms with Gasteiger partial charge in [-0.15, -0.1) is 4.99 Å². The van der Waals surface area contributed by atoms with E-state index < -0.39 is 11.7 Å². The van der Waals surface area contributed by atoms with Gasteiger partial charge in [0.2, 0.25) is 11.9 Å². The molecule has 0 saturated heterocycles. The van der Waals surface area contributed by atoms with Gasteiger partial charge in [0.15, 0.2) is 0 Å². The van der Waals surface area contributed by atoms with Crippen LogP contribution in [-0.2, 0) is 14.3 Å². The molecule has 1 unspecified atom stereocenters. The molecule has 0 radical (unpaired) electrons. The van der Waals surface area contributed by atoms with Gasteiger partial charge in [0, 0.05) is 0 Å². The van der Waals surface area contributed by atoms with Crippen LogP contribution in [0.1, 0.15) is 20.3 Å². The van der Waals surface area contributed by atoms with Crippen LogP contribution in [0.15, 0.2) is 4.99 Å². The topological polar surface area (TPSA) is 76.0 Å². The second-order valence-electron chi connectivity index (χ2n) is 2.34. The standard InChI is InChI=1S/C7H11NO4/c1-3-4-12-7(2,11)6(10)8-5-9/h11H,3-4H2,1-2H3. The van der Waals surface area contributed by atoms with Crippen molar-refractivity contribution in [1.29, 1.82) is 0 Å². The van der Waals surface area contributed by atoms with Crippen LogP contribution >= 0.6 is 0 Å². The van der Waals surface area contributed by atoms with E-state index in [0.29, 0.717) is 6.42 Å². The summed E-state index contributed by atoms with van der Waals surface area (Å²) in [7, 11) is 0. The number of carbonyl (C=O) groups is 1. The summed E-state index contributed by atoms with van der Waals surface area (Å²) in [6.45, 7) is 3.18. The van der Waals surface area contributed by atoms with Crippen LogP contribution in [0, 0.1) is 0 Å². The van der Waals surface area contributed by atoms with E-state index in [2.05, 4.69) is 4.99 Å².